The topological polar surface area (TPSA) is 92.5 Å². The van der Waals surface area contributed by atoms with Crippen LogP contribution >= 0.6 is 0 Å². The van der Waals surface area contributed by atoms with Gasteiger partial charge in [0, 0.05) is 23.4 Å². The van der Waals surface area contributed by atoms with E-state index >= 15 is 0 Å². The standard InChI is InChI=1S/C9H8F2N2O4/c10-9(11)6-3-5(13(16)17)1-2-7(6)12-4-8(14)15/h1-3,9,12H,4H2,(H,14,15). The van der Waals surface area contributed by atoms with Crippen molar-refractivity contribution in [2.24, 2.45) is 0 Å². The Labute approximate surface area is 94.0 Å². The molecule has 0 aromatic heterocycles. The summed E-state index contributed by atoms with van der Waals surface area (Å²) in [7, 11) is 0. The molecule has 0 saturated carbocycles. The van der Waals surface area contributed by atoms with Crippen molar-refractivity contribution in [3.05, 3.63) is 33.9 Å². The van der Waals surface area contributed by atoms with Crippen molar-refractivity contribution in [1.29, 1.82) is 0 Å². The van der Waals surface area contributed by atoms with Crippen LogP contribution in [0.4, 0.5) is 20.2 Å². The Bertz CT molecular complexity index is 451. The lowest BCUT2D eigenvalue weighted by Gasteiger charge is -2.09. The number of nitro benzene ring substituents is 1. The number of nitrogens with zero attached hydrogens (tertiary/aromatic N) is 1. The van der Waals surface area contributed by atoms with Crippen LogP contribution in [-0.2, 0) is 4.79 Å². The van der Waals surface area contributed by atoms with E-state index in [1.54, 1.807) is 0 Å². The zero-order valence-electron chi connectivity index (χ0n) is 8.39. The molecule has 0 bridgehead atoms. The van der Waals surface area contributed by atoms with E-state index in [-0.39, 0.29) is 5.69 Å². The van der Waals surface area contributed by atoms with Gasteiger partial charge in [-0.1, -0.05) is 0 Å². The predicted molar refractivity (Wildman–Crippen MR) is 54.2 cm³/mol. The predicted octanol–water partition coefficient (Wildman–Crippen LogP) is 2.03. The Hall–Kier alpha value is -2.25. The average molecular weight is 246 g/mol. The molecule has 1 aromatic rings. The van der Waals surface area contributed by atoms with E-state index in [4.69, 9.17) is 5.11 Å². The molecule has 92 valence electrons. The lowest BCUT2D eigenvalue weighted by molar-refractivity contribution is -0.385. The molecule has 0 atom stereocenters. The van der Waals surface area contributed by atoms with E-state index in [1.165, 1.54) is 0 Å². The van der Waals surface area contributed by atoms with Gasteiger partial charge >= 0.3 is 5.97 Å². The highest BCUT2D eigenvalue weighted by molar-refractivity contribution is 5.73. The van der Waals surface area contributed by atoms with Gasteiger partial charge in [-0.05, 0) is 6.07 Å². The van der Waals surface area contributed by atoms with Crippen molar-refractivity contribution in [3.63, 3.8) is 0 Å². The largest absolute Gasteiger partial charge is 0.480 e. The number of carboxylic acid groups (broad SMARTS) is 1. The third-order valence-electron chi connectivity index (χ3n) is 1.91. The number of anilines is 1. The average Bonchev–Trinajstić information content (AvgIpc) is 2.25. The second-order valence-corrected chi connectivity index (χ2v) is 3.08. The minimum atomic E-state index is -2.92. The van der Waals surface area contributed by atoms with Crippen LogP contribution in [0.25, 0.3) is 0 Å². The number of benzene rings is 1. The lowest BCUT2D eigenvalue weighted by Crippen LogP contribution is -2.13. The second-order valence-electron chi connectivity index (χ2n) is 3.08. The summed E-state index contributed by atoms with van der Waals surface area (Å²) >= 11 is 0. The van der Waals surface area contributed by atoms with Gasteiger partial charge in [-0.2, -0.15) is 0 Å². The molecule has 1 rings (SSSR count). The third kappa shape index (κ3) is 3.37. The van der Waals surface area contributed by atoms with Crippen LogP contribution in [0.15, 0.2) is 18.2 Å². The molecule has 6 nitrogen and oxygen atoms in total. The first-order valence-corrected chi connectivity index (χ1v) is 4.44. The Morgan fingerprint density at radius 3 is 2.65 bits per heavy atom. The van der Waals surface area contributed by atoms with Crippen molar-refractivity contribution in [3.8, 4) is 0 Å². The smallest absolute Gasteiger partial charge is 0.322 e. The number of rotatable bonds is 5. The Morgan fingerprint density at radius 2 is 2.18 bits per heavy atom. The summed E-state index contributed by atoms with van der Waals surface area (Å²) in [5.74, 6) is -1.22. The number of aliphatic carboxylic acids is 1. The van der Waals surface area contributed by atoms with Crippen LogP contribution in [0, 0.1) is 10.1 Å². The van der Waals surface area contributed by atoms with Crippen LogP contribution in [0.2, 0.25) is 0 Å². The summed E-state index contributed by atoms with van der Waals surface area (Å²) in [4.78, 5) is 19.9. The summed E-state index contributed by atoms with van der Waals surface area (Å²) in [5, 5.41) is 21.0. The van der Waals surface area contributed by atoms with Crippen LogP contribution < -0.4 is 5.32 Å². The fourth-order valence-corrected chi connectivity index (χ4v) is 1.18. The fraction of sp³-hybridized carbons (Fsp3) is 0.222. The maximum absolute atomic E-state index is 12.6. The number of hydrogen-bond donors (Lipinski definition) is 2. The maximum Gasteiger partial charge on any atom is 0.322 e. The highest BCUT2D eigenvalue weighted by atomic mass is 19.3. The molecule has 0 aliphatic heterocycles. The number of carboxylic acids is 1. The number of nitrogens with one attached hydrogen (secondary N) is 1. The van der Waals surface area contributed by atoms with Gasteiger partial charge in [-0.3, -0.25) is 14.9 Å². The van der Waals surface area contributed by atoms with Crippen molar-refractivity contribution < 1.29 is 23.6 Å². The molecule has 17 heavy (non-hydrogen) atoms. The van der Waals surface area contributed by atoms with Crippen molar-refractivity contribution >= 4 is 17.3 Å². The first-order valence-electron chi connectivity index (χ1n) is 4.44. The van der Waals surface area contributed by atoms with Gasteiger partial charge in [0.05, 0.1) is 4.92 Å². The van der Waals surface area contributed by atoms with E-state index in [0.717, 1.165) is 18.2 Å². The van der Waals surface area contributed by atoms with Gasteiger partial charge in [0.25, 0.3) is 12.1 Å². The molecule has 0 unspecified atom stereocenters. The van der Waals surface area contributed by atoms with E-state index in [1.807, 2.05) is 0 Å². The van der Waals surface area contributed by atoms with Gasteiger partial charge in [0.15, 0.2) is 0 Å². The quantitative estimate of drug-likeness (QED) is 0.612. The maximum atomic E-state index is 12.6. The first kappa shape index (κ1) is 12.8. The monoisotopic (exact) mass is 246 g/mol. The highest BCUT2D eigenvalue weighted by Gasteiger charge is 2.18. The van der Waals surface area contributed by atoms with E-state index in [2.05, 4.69) is 5.32 Å². The molecule has 0 fully saturated rings. The molecular formula is C9H8F2N2O4. The van der Waals surface area contributed by atoms with Crippen LogP contribution in [-0.4, -0.2) is 22.5 Å². The Kier molecular flexibility index (Phi) is 3.91. The Morgan fingerprint density at radius 1 is 1.53 bits per heavy atom. The molecular weight excluding hydrogens is 238 g/mol. The third-order valence-corrected chi connectivity index (χ3v) is 1.91. The fourth-order valence-electron chi connectivity index (χ4n) is 1.18. The number of hydrogen-bond acceptors (Lipinski definition) is 4. The number of nitro groups is 1. The number of halogens is 2. The van der Waals surface area contributed by atoms with Gasteiger partial charge in [0.1, 0.15) is 6.54 Å². The summed E-state index contributed by atoms with van der Waals surface area (Å²) < 4.78 is 25.2. The molecule has 2 N–H and O–H groups in total. The van der Waals surface area contributed by atoms with Gasteiger partial charge in [-0.15, -0.1) is 0 Å². The highest BCUT2D eigenvalue weighted by Crippen LogP contribution is 2.30. The molecule has 0 saturated heterocycles. The Balaban J connectivity index is 3.04. The van der Waals surface area contributed by atoms with Gasteiger partial charge in [0.2, 0.25) is 0 Å². The number of alkyl halides is 2. The van der Waals surface area contributed by atoms with E-state index in [0.29, 0.717) is 0 Å². The molecule has 0 amide bonds. The second kappa shape index (κ2) is 5.19. The molecule has 1 aromatic carbocycles. The molecule has 0 aliphatic rings. The zero-order chi connectivity index (χ0) is 13.0. The minimum absolute atomic E-state index is 0.131. The SMILES string of the molecule is O=C(O)CNc1ccc([N+](=O)[O-])cc1C(F)F. The molecule has 0 radical (unpaired) electrons. The summed E-state index contributed by atoms with van der Waals surface area (Å²) in [5.41, 5.74) is -1.20. The molecule has 0 aliphatic carbocycles. The van der Waals surface area contributed by atoms with E-state index in [9.17, 15) is 23.7 Å². The number of carbonyl (C=O) groups is 1. The van der Waals surface area contributed by atoms with Crippen LogP contribution in [0.5, 0.6) is 0 Å². The summed E-state index contributed by atoms with van der Waals surface area (Å²) in [6, 6.07) is 2.80. The van der Waals surface area contributed by atoms with Crippen molar-refractivity contribution in [2.45, 2.75) is 6.43 Å². The van der Waals surface area contributed by atoms with Crippen LogP contribution in [0.1, 0.15) is 12.0 Å². The van der Waals surface area contributed by atoms with Crippen molar-refractivity contribution in [1.82, 2.24) is 0 Å². The van der Waals surface area contributed by atoms with Gasteiger partial charge < -0.3 is 10.4 Å². The number of non-ortho nitro benzene ring substituents is 1. The summed E-state index contributed by atoms with van der Waals surface area (Å²) in [6.45, 7) is -0.544. The van der Waals surface area contributed by atoms with Crippen molar-refractivity contribution in [2.75, 3.05) is 11.9 Å². The molecule has 0 heterocycles. The lowest BCUT2D eigenvalue weighted by atomic mass is 10.1. The van der Waals surface area contributed by atoms with Gasteiger partial charge in [-0.25, -0.2) is 8.78 Å². The minimum Gasteiger partial charge on any atom is -0.480 e. The summed E-state index contributed by atoms with van der Waals surface area (Å²) in [6.07, 6.45) is -2.92. The van der Waals surface area contributed by atoms with E-state index < -0.39 is 35.1 Å². The molecule has 0 spiro atoms. The zero-order valence-corrected chi connectivity index (χ0v) is 8.39. The van der Waals surface area contributed by atoms with Crippen LogP contribution in [0.3, 0.4) is 0 Å². The first-order chi connectivity index (χ1) is 7.91. The normalized spacial score (nSPS) is 10.3. The molecule has 8 heteroatoms.